The zero-order valence-corrected chi connectivity index (χ0v) is 11.8. The monoisotopic (exact) mass is 266 g/mol. The smallest absolute Gasteiger partial charge is 0.163 e. The zero-order valence-electron chi connectivity index (χ0n) is 11.8. The summed E-state index contributed by atoms with van der Waals surface area (Å²) in [5.41, 5.74) is 3.01. The van der Waals surface area contributed by atoms with E-state index in [1.54, 1.807) is 0 Å². The summed E-state index contributed by atoms with van der Waals surface area (Å²) in [5.74, 6) is 1.65. The van der Waals surface area contributed by atoms with Gasteiger partial charge in [0.2, 0.25) is 0 Å². The maximum atomic E-state index is 4.68. The SMILES string of the molecule is CCCNc1nc(-c2ccccc2)nc2[nH]c(C)cc12. The van der Waals surface area contributed by atoms with Crippen LogP contribution in [-0.2, 0) is 0 Å². The van der Waals surface area contributed by atoms with Crippen molar-refractivity contribution in [2.24, 2.45) is 0 Å². The van der Waals surface area contributed by atoms with Crippen LogP contribution in [0.15, 0.2) is 36.4 Å². The van der Waals surface area contributed by atoms with Crippen LogP contribution in [0.1, 0.15) is 19.0 Å². The van der Waals surface area contributed by atoms with Gasteiger partial charge in [-0.15, -0.1) is 0 Å². The van der Waals surface area contributed by atoms with Crippen molar-refractivity contribution in [1.82, 2.24) is 15.0 Å². The van der Waals surface area contributed by atoms with Crippen molar-refractivity contribution >= 4 is 16.9 Å². The Morgan fingerprint density at radius 1 is 1.15 bits per heavy atom. The molecule has 0 aliphatic carbocycles. The Bertz CT molecular complexity index is 716. The maximum Gasteiger partial charge on any atom is 0.163 e. The third kappa shape index (κ3) is 2.37. The van der Waals surface area contributed by atoms with Gasteiger partial charge in [0.25, 0.3) is 0 Å². The molecular formula is C16H18N4. The molecule has 0 radical (unpaired) electrons. The Hall–Kier alpha value is -2.36. The van der Waals surface area contributed by atoms with Crippen molar-refractivity contribution in [1.29, 1.82) is 0 Å². The molecule has 0 aliphatic heterocycles. The molecule has 2 aromatic heterocycles. The van der Waals surface area contributed by atoms with Gasteiger partial charge in [-0.1, -0.05) is 37.3 Å². The van der Waals surface area contributed by atoms with Crippen molar-refractivity contribution in [3.05, 3.63) is 42.1 Å². The minimum Gasteiger partial charge on any atom is -0.369 e. The van der Waals surface area contributed by atoms with Crippen molar-refractivity contribution in [2.45, 2.75) is 20.3 Å². The average Bonchev–Trinajstić information content (AvgIpc) is 2.86. The molecule has 0 bridgehead atoms. The van der Waals surface area contributed by atoms with Crippen molar-refractivity contribution < 1.29 is 0 Å². The van der Waals surface area contributed by atoms with Crippen LogP contribution in [0.5, 0.6) is 0 Å². The van der Waals surface area contributed by atoms with Crippen LogP contribution in [0, 0.1) is 6.92 Å². The topological polar surface area (TPSA) is 53.6 Å². The Morgan fingerprint density at radius 3 is 2.70 bits per heavy atom. The fraction of sp³-hybridized carbons (Fsp3) is 0.250. The molecule has 102 valence electrons. The van der Waals surface area contributed by atoms with E-state index >= 15 is 0 Å². The number of H-pyrrole nitrogens is 1. The molecule has 0 unspecified atom stereocenters. The molecule has 0 spiro atoms. The van der Waals surface area contributed by atoms with Crippen molar-refractivity contribution in [3.8, 4) is 11.4 Å². The predicted molar refractivity (Wildman–Crippen MR) is 82.8 cm³/mol. The van der Waals surface area contributed by atoms with Gasteiger partial charge >= 0.3 is 0 Å². The minimum atomic E-state index is 0.749. The number of nitrogens with zero attached hydrogens (tertiary/aromatic N) is 2. The third-order valence-corrected chi connectivity index (χ3v) is 3.20. The summed E-state index contributed by atoms with van der Waals surface area (Å²) in [6.07, 6.45) is 1.07. The summed E-state index contributed by atoms with van der Waals surface area (Å²) < 4.78 is 0. The summed E-state index contributed by atoms with van der Waals surface area (Å²) in [6.45, 7) is 5.09. The van der Waals surface area contributed by atoms with Crippen LogP contribution in [0.25, 0.3) is 22.4 Å². The second-order valence-electron chi connectivity index (χ2n) is 4.90. The molecule has 1 aromatic carbocycles. The van der Waals surface area contributed by atoms with E-state index in [0.717, 1.165) is 46.9 Å². The summed E-state index contributed by atoms with van der Waals surface area (Å²) >= 11 is 0. The first-order valence-corrected chi connectivity index (χ1v) is 6.94. The lowest BCUT2D eigenvalue weighted by Crippen LogP contribution is -2.04. The number of hydrogen-bond donors (Lipinski definition) is 2. The maximum absolute atomic E-state index is 4.68. The van der Waals surface area contributed by atoms with Crippen LogP contribution in [0.4, 0.5) is 5.82 Å². The molecule has 0 amide bonds. The molecule has 3 aromatic rings. The van der Waals surface area contributed by atoms with Gasteiger partial charge in [-0.3, -0.25) is 0 Å². The van der Waals surface area contributed by atoms with Gasteiger partial charge in [0.15, 0.2) is 5.82 Å². The molecule has 2 N–H and O–H groups in total. The number of aromatic amines is 1. The standard InChI is InChI=1S/C16H18N4/c1-3-9-17-15-13-10-11(2)18-16(13)20-14(19-15)12-7-5-4-6-8-12/h4-8,10H,3,9H2,1-2H3,(H2,17,18,19,20). The van der Waals surface area contributed by atoms with E-state index in [1.165, 1.54) is 0 Å². The number of aromatic nitrogens is 3. The first-order valence-electron chi connectivity index (χ1n) is 6.94. The molecule has 0 saturated heterocycles. The lowest BCUT2D eigenvalue weighted by Gasteiger charge is -2.07. The van der Waals surface area contributed by atoms with Gasteiger partial charge in [-0.25, -0.2) is 9.97 Å². The van der Waals surface area contributed by atoms with E-state index in [1.807, 2.05) is 37.3 Å². The van der Waals surface area contributed by atoms with Crippen molar-refractivity contribution in [2.75, 3.05) is 11.9 Å². The fourth-order valence-electron chi connectivity index (χ4n) is 2.24. The van der Waals surface area contributed by atoms with E-state index < -0.39 is 0 Å². The Balaban J connectivity index is 2.14. The molecule has 0 saturated carbocycles. The highest BCUT2D eigenvalue weighted by Crippen LogP contribution is 2.25. The number of benzene rings is 1. The number of hydrogen-bond acceptors (Lipinski definition) is 3. The number of aryl methyl sites for hydroxylation is 1. The molecule has 4 nitrogen and oxygen atoms in total. The summed E-state index contributed by atoms with van der Waals surface area (Å²) in [6, 6.07) is 12.1. The first-order chi connectivity index (χ1) is 9.78. The van der Waals surface area contributed by atoms with Gasteiger partial charge in [-0.2, -0.15) is 0 Å². The fourth-order valence-corrected chi connectivity index (χ4v) is 2.24. The van der Waals surface area contributed by atoms with Gasteiger partial charge < -0.3 is 10.3 Å². The molecular weight excluding hydrogens is 248 g/mol. The van der Waals surface area contributed by atoms with E-state index in [2.05, 4.69) is 33.3 Å². The highest BCUT2D eigenvalue weighted by Gasteiger charge is 2.10. The van der Waals surface area contributed by atoms with Crippen LogP contribution in [0.2, 0.25) is 0 Å². The molecule has 2 heterocycles. The summed E-state index contributed by atoms with van der Waals surface area (Å²) in [7, 11) is 0. The molecule has 0 fully saturated rings. The number of nitrogens with one attached hydrogen (secondary N) is 2. The molecule has 4 heteroatoms. The Labute approximate surface area is 118 Å². The normalized spacial score (nSPS) is 10.9. The van der Waals surface area contributed by atoms with E-state index in [0.29, 0.717) is 0 Å². The van der Waals surface area contributed by atoms with Crippen LogP contribution >= 0.6 is 0 Å². The number of anilines is 1. The first kappa shape index (κ1) is 12.7. The Morgan fingerprint density at radius 2 is 1.95 bits per heavy atom. The van der Waals surface area contributed by atoms with Gasteiger partial charge in [-0.05, 0) is 19.4 Å². The largest absolute Gasteiger partial charge is 0.369 e. The highest BCUT2D eigenvalue weighted by atomic mass is 15.1. The zero-order chi connectivity index (χ0) is 13.9. The van der Waals surface area contributed by atoms with Crippen LogP contribution in [-0.4, -0.2) is 21.5 Å². The quantitative estimate of drug-likeness (QED) is 0.756. The van der Waals surface area contributed by atoms with Gasteiger partial charge in [0.05, 0.1) is 5.39 Å². The van der Waals surface area contributed by atoms with E-state index in [-0.39, 0.29) is 0 Å². The average molecular weight is 266 g/mol. The molecule has 3 rings (SSSR count). The number of rotatable bonds is 4. The third-order valence-electron chi connectivity index (χ3n) is 3.20. The second-order valence-corrected chi connectivity index (χ2v) is 4.90. The van der Waals surface area contributed by atoms with Crippen LogP contribution < -0.4 is 5.32 Å². The Kier molecular flexibility index (Phi) is 3.37. The predicted octanol–water partition coefficient (Wildman–Crippen LogP) is 3.76. The highest BCUT2D eigenvalue weighted by molar-refractivity contribution is 5.89. The molecule has 0 aliphatic rings. The molecule has 20 heavy (non-hydrogen) atoms. The second kappa shape index (κ2) is 5.33. The van der Waals surface area contributed by atoms with Crippen molar-refractivity contribution in [3.63, 3.8) is 0 Å². The number of fused-ring (bicyclic) bond motifs is 1. The lowest BCUT2D eigenvalue weighted by atomic mass is 10.2. The molecule has 0 atom stereocenters. The van der Waals surface area contributed by atoms with Gasteiger partial charge in [0, 0.05) is 17.8 Å². The minimum absolute atomic E-state index is 0.749. The summed E-state index contributed by atoms with van der Waals surface area (Å²) in [4.78, 5) is 12.6. The summed E-state index contributed by atoms with van der Waals surface area (Å²) in [5, 5.41) is 4.44. The van der Waals surface area contributed by atoms with Crippen LogP contribution in [0.3, 0.4) is 0 Å². The van der Waals surface area contributed by atoms with E-state index in [4.69, 9.17) is 0 Å². The van der Waals surface area contributed by atoms with Gasteiger partial charge in [0.1, 0.15) is 11.5 Å². The van der Waals surface area contributed by atoms with E-state index in [9.17, 15) is 0 Å². The lowest BCUT2D eigenvalue weighted by molar-refractivity contribution is 0.970.